The summed E-state index contributed by atoms with van der Waals surface area (Å²) in [6, 6.07) is 7.68. The number of aromatic nitrogens is 4. The van der Waals surface area contributed by atoms with E-state index < -0.39 is 0 Å². The Morgan fingerprint density at radius 3 is 2.91 bits per heavy atom. The molecule has 0 spiro atoms. The maximum absolute atomic E-state index is 12.1. The topological polar surface area (TPSA) is 72.7 Å². The number of anilines is 1. The highest BCUT2D eigenvalue weighted by atomic mass is 16.1. The lowest BCUT2D eigenvalue weighted by molar-refractivity contribution is 0.102. The third-order valence-corrected chi connectivity index (χ3v) is 3.12. The summed E-state index contributed by atoms with van der Waals surface area (Å²) in [6.07, 6.45) is 8.44. The number of imidazole rings is 1. The lowest BCUT2D eigenvalue weighted by Gasteiger charge is -2.07. The number of hydrogen-bond donors (Lipinski definition) is 1. The smallest absolute Gasteiger partial charge is 0.275 e. The van der Waals surface area contributed by atoms with E-state index >= 15 is 0 Å². The molecule has 2 aromatic heterocycles. The molecule has 1 amide bonds. The minimum atomic E-state index is -0.271. The summed E-state index contributed by atoms with van der Waals surface area (Å²) in [5.74, 6) is -0.271. The molecule has 110 valence electrons. The Bertz CT molecular complexity index is 765. The summed E-state index contributed by atoms with van der Waals surface area (Å²) in [5, 5.41) is 2.83. The Morgan fingerprint density at radius 1 is 1.27 bits per heavy atom. The Kier molecular flexibility index (Phi) is 3.91. The van der Waals surface area contributed by atoms with Crippen LogP contribution >= 0.6 is 0 Å². The fourth-order valence-electron chi connectivity index (χ4n) is 2.04. The van der Waals surface area contributed by atoms with Crippen molar-refractivity contribution in [1.82, 2.24) is 19.5 Å². The molecule has 0 radical (unpaired) electrons. The van der Waals surface area contributed by atoms with E-state index in [9.17, 15) is 4.79 Å². The van der Waals surface area contributed by atoms with Crippen molar-refractivity contribution in [3.05, 3.63) is 72.3 Å². The molecular formula is C16H15N5O. The highest BCUT2D eigenvalue weighted by molar-refractivity contribution is 6.02. The number of carbonyl (C=O) groups excluding carboxylic acids is 1. The van der Waals surface area contributed by atoms with Crippen LogP contribution in [-0.4, -0.2) is 25.4 Å². The van der Waals surface area contributed by atoms with E-state index in [0.29, 0.717) is 12.2 Å². The lowest BCUT2D eigenvalue weighted by Crippen LogP contribution is -2.14. The number of benzene rings is 1. The SMILES string of the molecule is Cc1cnc(C(=O)Nc2cccc(Cn3ccnc3)c2)cn1. The first-order chi connectivity index (χ1) is 10.7. The molecule has 3 rings (SSSR count). The number of hydrogen-bond acceptors (Lipinski definition) is 4. The molecule has 0 saturated heterocycles. The molecule has 22 heavy (non-hydrogen) atoms. The zero-order valence-electron chi connectivity index (χ0n) is 12.1. The fraction of sp³-hybridized carbons (Fsp3) is 0.125. The van der Waals surface area contributed by atoms with Gasteiger partial charge in [0.1, 0.15) is 5.69 Å². The predicted molar refractivity (Wildman–Crippen MR) is 82.5 cm³/mol. The van der Waals surface area contributed by atoms with E-state index in [0.717, 1.165) is 16.9 Å². The molecule has 0 saturated carbocycles. The molecular weight excluding hydrogens is 278 g/mol. The van der Waals surface area contributed by atoms with Gasteiger partial charge in [-0.05, 0) is 24.6 Å². The van der Waals surface area contributed by atoms with Gasteiger partial charge in [-0.2, -0.15) is 0 Å². The quantitative estimate of drug-likeness (QED) is 0.801. The van der Waals surface area contributed by atoms with Crippen molar-refractivity contribution < 1.29 is 4.79 Å². The standard InChI is InChI=1S/C16H15N5O/c1-12-8-19-15(9-18-12)16(22)20-14-4-2-3-13(7-14)10-21-6-5-17-11-21/h2-9,11H,10H2,1H3,(H,20,22). The average molecular weight is 293 g/mol. The summed E-state index contributed by atoms with van der Waals surface area (Å²) in [5.41, 5.74) is 2.88. The van der Waals surface area contributed by atoms with Gasteiger partial charge in [0, 0.05) is 30.8 Å². The average Bonchev–Trinajstić information content (AvgIpc) is 3.01. The minimum Gasteiger partial charge on any atom is -0.333 e. The molecule has 0 aliphatic heterocycles. The second-order valence-electron chi connectivity index (χ2n) is 4.93. The zero-order chi connectivity index (χ0) is 15.4. The van der Waals surface area contributed by atoms with Crippen LogP contribution in [0, 0.1) is 6.92 Å². The zero-order valence-corrected chi connectivity index (χ0v) is 12.1. The van der Waals surface area contributed by atoms with E-state index in [2.05, 4.69) is 20.3 Å². The van der Waals surface area contributed by atoms with Crippen LogP contribution in [0.4, 0.5) is 5.69 Å². The van der Waals surface area contributed by atoms with Gasteiger partial charge in [0.2, 0.25) is 0 Å². The van der Waals surface area contributed by atoms with Gasteiger partial charge < -0.3 is 9.88 Å². The van der Waals surface area contributed by atoms with Gasteiger partial charge in [-0.1, -0.05) is 12.1 Å². The highest BCUT2D eigenvalue weighted by Gasteiger charge is 2.08. The van der Waals surface area contributed by atoms with Crippen LogP contribution in [0.5, 0.6) is 0 Å². The molecule has 0 aliphatic rings. The normalized spacial score (nSPS) is 10.4. The largest absolute Gasteiger partial charge is 0.333 e. The molecule has 0 aliphatic carbocycles. The highest BCUT2D eigenvalue weighted by Crippen LogP contribution is 2.13. The summed E-state index contributed by atoms with van der Waals surface area (Å²) < 4.78 is 1.96. The molecule has 2 heterocycles. The van der Waals surface area contributed by atoms with Gasteiger partial charge in [-0.25, -0.2) is 9.97 Å². The first-order valence-electron chi connectivity index (χ1n) is 6.85. The summed E-state index contributed by atoms with van der Waals surface area (Å²) in [6.45, 7) is 2.53. The molecule has 1 N–H and O–H groups in total. The van der Waals surface area contributed by atoms with Crippen molar-refractivity contribution in [1.29, 1.82) is 0 Å². The fourth-order valence-corrected chi connectivity index (χ4v) is 2.04. The van der Waals surface area contributed by atoms with Gasteiger partial charge in [0.25, 0.3) is 5.91 Å². The van der Waals surface area contributed by atoms with Crippen LogP contribution in [0.15, 0.2) is 55.4 Å². The van der Waals surface area contributed by atoms with E-state index in [-0.39, 0.29) is 5.91 Å². The van der Waals surface area contributed by atoms with Gasteiger partial charge in [0.05, 0.1) is 18.2 Å². The van der Waals surface area contributed by atoms with Crippen molar-refractivity contribution in [3.8, 4) is 0 Å². The van der Waals surface area contributed by atoms with Crippen LogP contribution in [-0.2, 0) is 6.54 Å². The Balaban J connectivity index is 1.72. The van der Waals surface area contributed by atoms with Crippen molar-refractivity contribution in [2.24, 2.45) is 0 Å². The van der Waals surface area contributed by atoms with Gasteiger partial charge >= 0.3 is 0 Å². The summed E-state index contributed by atoms with van der Waals surface area (Å²) in [4.78, 5) is 24.3. The number of aryl methyl sites for hydroxylation is 1. The molecule has 6 heteroatoms. The maximum atomic E-state index is 12.1. The maximum Gasteiger partial charge on any atom is 0.275 e. The molecule has 1 aromatic carbocycles. The Labute approximate surface area is 127 Å². The molecule has 0 atom stereocenters. The van der Waals surface area contributed by atoms with E-state index in [1.54, 1.807) is 18.7 Å². The Hall–Kier alpha value is -3.02. The van der Waals surface area contributed by atoms with Crippen LogP contribution in [0.25, 0.3) is 0 Å². The van der Waals surface area contributed by atoms with Crippen molar-refractivity contribution in [2.45, 2.75) is 13.5 Å². The van der Waals surface area contributed by atoms with Crippen LogP contribution in [0.3, 0.4) is 0 Å². The Morgan fingerprint density at radius 2 is 2.18 bits per heavy atom. The molecule has 6 nitrogen and oxygen atoms in total. The molecule has 0 unspecified atom stereocenters. The van der Waals surface area contributed by atoms with Gasteiger partial charge in [0.15, 0.2) is 0 Å². The van der Waals surface area contributed by atoms with E-state index in [1.165, 1.54) is 6.20 Å². The molecule has 3 aromatic rings. The van der Waals surface area contributed by atoms with E-state index in [1.807, 2.05) is 42.0 Å². The van der Waals surface area contributed by atoms with Crippen molar-refractivity contribution >= 4 is 11.6 Å². The van der Waals surface area contributed by atoms with Crippen LogP contribution in [0.2, 0.25) is 0 Å². The number of nitrogens with one attached hydrogen (secondary N) is 1. The number of amides is 1. The summed E-state index contributed by atoms with van der Waals surface area (Å²) >= 11 is 0. The second kappa shape index (κ2) is 6.17. The number of carbonyl (C=O) groups is 1. The van der Waals surface area contributed by atoms with Gasteiger partial charge in [-0.15, -0.1) is 0 Å². The van der Waals surface area contributed by atoms with Crippen molar-refractivity contribution in [3.63, 3.8) is 0 Å². The summed E-state index contributed by atoms with van der Waals surface area (Å²) in [7, 11) is 0. The third kappa shape index (κ3) is 3.35. The monoisotopic (exact) mass is 293 g/mol. The molecule has 0 bridgehead atoms. The van der Waals surface area contributed by atoms with Crippen LogP contribution < -0.4 is 5.32 Å². The lowest BCUT2D eigenvalue weighted by atomic mass is 10.2. The van der Waals surface area contributed by atoms with Crippen LogP contribution in [0.1, 0.15) is 21.7 Å². The molecule has 0 fully saturated rings. The minimum absolute atomic E-state index is 0.271. The van der Waals surface area contributed by atoms with E-state index in [4.69, 9.17) is 0 Å². The predicted octanol–water partition coefficient (Wildman–Crippen LogP) is 2.28. The number of nitrogens with zero attached hydrogens (tertiary/aromatic N) is 4. The van der Waals surface area contributed by atoms with Crippen molar-refractivity contribution in [2.75, 3.05) is 5.32 Å². The number of rotatable bonds is 4. The first-order valence-corrected chi connectivity index (χ1v) is 6.85. The van der Waals surface area contributed by atoms with Gasteiger partial charge in [-0.3, -0.25) is 9.78 Å². The second-order valence-corrected chi connectivity index (χ2v) is 4.93. The third-order valence-electron chi connectivity index (χ3n) is 3.12. The first kappa shape index (κ1) is 13.9.